The Hall–Kier alpha value is -3.04. The Morgan fingerprint density at radius 3 is 2.31 bits per heavy atom. The van der Waals surface area contributed by atoms with Gasteiger partial charge in [0.1, 0.15) is 12.4 Å². The van der Waals surface area contributed by atoms with E-state index < -0.39 is 10.0 Å². The molecule has 0 spiro atoms. The average Bonchev–Trinajstić information content (AvgIpc) is 3.11. The summed E-state index contributed by atoms with van der Waals surface area (Å²) in [5, 5.41) is 0. The molecule has 2 fully saturated rings. The molecule has 0 saturated carbocycles. The molecule has 0 radical (unpaired) electrons. The summed E-state index contributed by atoms with van der Waals surface area (Å²) >= 11 is 0. The van der Waals surface area contributed by atoms with Gasteiger partial charge in [-0.15, -0.1) is 0 Å². The van der Waals surface area contributed by atoms with Gasteiger partial charge in [-0.05, 0) is 51.3 Å². The van der Waals surface area contributed by atoms with E-state index >= 15 is 0 Å². The van der Waals surface area contributed by atoms with Crippen LogP contribution in [0, 0.1) is 20.8 Å². The maximum absolute atomic E-state index is 13.3. The predicted octanol–water partition coefficient (Wildman–Crippen LogP) is 4.49. The Kier molecular flexibility index (Phi) is 6.46. The van der Waals surface area contributed by atoms with Crippen molar-refractivity contribution < 1.29 is 17.9 Å². The lowest BCUT2D eigenvalue weighted by Gasteiger charge is -2.37. The highest BCUT2D eigenvalue weighted by atomic mass is 32.2. The van der Waals surface area contributed by atoms with Gasteiger partial charge >= 0.3 is 0 Å². The highest BCUT2D eigenvalue weighted by Gasteiger charge is 2.47. The minimum absolute atomic E-state index is 0.0330. The highest BCUT2D eigenvalue weighted by molar-refractivity contribution is 7.88. The molecule has 0 aliphatic carbocycles. The molecule has 2 aromatic heterocycles. The molecule has 184 valence electrons. The number of rotatable bonds is 7. The van der Waals surface area contributed by atoms with E-state index in [2.05, 4.69) is 15.0 Å². The predicted molar refractivity (Wildman–Crippen MR) is 132 cm³/mol. The summed E-state index contributed by atoms with van der Waals surface area (Å²) in [5.41, 5.74) is 3.41. The summed E-state index contributed by atoms with van der Waals surface area (Å²) in [6.45, 7) is 5.74. The SMILES string of the molecule is Cc1ccc(CS(=O)(=O)N2[C@H]3CC[C@H]2CC(Oc2ncnc(Oc4cccnc4C)c2C)C3)cc1. The van der Waals surface area contributed by atoms with Gasteiger partial charge in [0.2, 0.25) is 21.8 Å². The van der Waals surface area contributed by atoms with Gasteiger partial charge in [0.15, 0.2) is 5.75 Å². The molecule has 9 heteroatoms. The van der Waals surface area contributed by atoms with E-state index in [0.29, 0.717) is 35.9 Å². The van der Waals surface area contributed by atoms with Crippen molar-refractivity contribution in [2.75, 3.05) is 0 Å². The standard InChI is InChI=1S/C26H30N4O4S/c1-17-6-8-20(9-7-17)15-35(31,32)30-21-10-11-22(30)14-23(13-21)33-25-18(2)26(29-16-28-25)34-24-5-4-12-27-19(24)3/h4-9,12,16,21-23H,10-11,13-15H2,1-3H3/t21-,22-/m0/s1. The molecular formula is C26H30N4O4S. The molecular weight excluding hydrogens is 464 g/mol. The third kappa shape index (κ3) is 5.01. The lowest BCUT2D eigenvalue weighted by molar-refractivity contribution is 0.0907. The quantitative estimate of drug-likeness (QED) is 0.477. The smallest absolute Gasteiger partial charge is 0.229 e. The van der Waals surface area contributed by atoms with Gasteiger partial charge in [-0.3, -0.25) is 4.98 Å². The molecule has 3 aromatic rings. The third-order valence-corrected chi connectivity index (χ3v) is 8.79. The minimum atomic E-state index is -3.41. The van der Waals surface area contributed by atoms with Crippen LogP contribution in [0.4, 0.5) is 0 Å². The summed E-state index contributed by atoms with van der Waals surface area (Å²) in [6.07, 6.45) is 6.03. The van der Waals surface area contributed by atoms with E-state index in [1.54, 1.807) is 10.5 Å². The molecule has 0 N–H and O–H groups in total. The first-order valence-electron chi connectivity index (χ1n) is 11.9. The van der Waals surface area contributed by atoms with E-state index in [1.807, 2.05) is 57.2 Å². The first-order valence-corrected chi connectivity index (χ1v) is 13.6. The van der Waals surface area contributed by atoms with Crippen molar-refractivity contribution in [2.45, 2.75) is 70.4 Å². The van der Waals surface area contributed by atoms with Crippen LogP contribution in [0.15, 0.2) is 48.9 Å². The normalized spacial score (nSPS) is 22.2. The van der Waals surface area contributed by atoms with Crippen molar-refractivity contribution in [3.63, 3.8) is 0 Å². The van der Waals surface area contributed by atoms with E-state index in [-0.39, 0.29) is 23.9 Å². The fourth-order valence-electron chi connectivity index (χ4n) is 5.08. The summed E-state index contributed by atoms with van der Waals surface area (Å²) in [6, 6.07) is 11.3. The van der Waals surface area contributed by atoms with Crippen LogP contribution in [0.5, 0.6) is 17.5 Å². The Morgan fingerprint density at radius 1 is 0.943 bits per heavy atom. The summed E-state index contributed by atoms with van der Waals surface area (Å²) < 4.78 is 40.6. The van der Waals surface area contributed by atoms with Crippen LogP contribution in [0.1, 0.15) is 48.1 Å². The first kappa shape index (κ1) is 23.7. The van der Waals surface area contributed by atoms with E-state index in [0.717, 1.165) is 29.7 Å². The number of ether oxygens (including phenoxy) is 2. The van der Waals surface area contributed by atoms with E-state index in [1.165, 1.54) is 6.33 Å². The van der Waals surface area contributed by atoms with Crippen LogP contribution in [0.3, 0.4) is 0 Å². The molecule has 1 aromatic carbocycles. The number of hydrogen-bond acceptors (Lipinski definition) is 7. The van der Waals surface area contributed by atoms with Crippen molar-refractivity contribution in [2.24, 2.45) is 0 Å². The zero-order chi connectivity index (χ0) is 24.6. The largest absolute Gasteiger partial charge is 0.474 e. The number of pyridine rings is 1. The summed E-state index contributed by atoms with van der Waals surface area (Å²) in [4.78, 5) is 12.9. The molecule has 2 bridgehead atoms. The number of aryl methyl sites for hydroxylation is 2. The Labute approximate surface area is 206 Å². The van der Waals surface area contributed by atoms with E-state index in [9.17, 15) is 8.42 Å². The number of benzene rings is 1. The number of aromatic nitrogens is 3. The molecule has 0 amide bonds. The van der Waals surface area contributed by atoms with Gasteiger partial charge in [-0.2, -0.15) is 4.31 Å². The Balaban J connectivity index is 1.28. The number of sulfonamides is 1. The zero-order valence-corrected chi connectivity index (χ0v) is 21.0. The van der Waals surface area contributed by atoms with Gasteiger partial charge in [0.05, 0.1) is 17.0 Å². The molecule has 2 atom stereocenters. The molecule has 2 aliphatic heterocycles. The average molecular weight is 495 g/mol. The maximum atomic E-state index is 13.3. The summed E-state index contributed by atoms with van der Waals surface area (Å²) in [5.74, 6) is 1.56. The molecule has 5 rings (SSSR count). The maximum Gasteiger partial charge on any atom is 0.229 e. The van der Waals surface area contributed by atoms with Gasteiger partial charge < -0.3 is 9.47 Å². The van der Waals surface area contributed by atoms with Crippen LogP contribution < -0.4 is 9.47 Å². The number of fused-ring (bicyclic) bond motifs is 2. The first-order chi connectivity index (χ1) is 16.8. The molecule has 35 heavy (non-hydrogen) atoms. The lowest BCUT2D eigenvalue weighted by atomic mass is 10.0. The molecule has 2 saturated heterocycles. The number of hydrogen-bond donors (Lipinski definition) is 0. The van der Waals surface area contributed by atoms with Crippen molar-refractivity contribution >= 4 is 10.0 Å². The number of nitrogens with zero attached hydrogens (tertiary/aromatic N) is 4. The van der Waals surface area contributed by atoms with Crippen LogP contribution in [0.25, 0.3) is 0 Å². The topological polar surface area (TPSA) is 94.5 Å². The van der Waals surface area contributed by atoms with Crippen molar-refractivity contribution in [3.05, 3.63) is 71.3 Å². The van der Waals surface area contributed by atoms with Gasteiger partial charge in [-0.25, -0.2) is 18.4 Å². The van der Waals surface area contributed by atoms with Crippen LogP contribution in [-0.2, 0) is 15.8 Å². The van der Waals surface area contributed by atoms with Gasteiger partial charge in [0, 0.05) is 31.1 Å². The Morgan fingerprint density at radius 2 is 1.63 bits per heavy atom. The highest BCUT2D eigenvalue weighted by Crippen LogP contribution is 2.40. The van der Waals surface area contributed by atoms with E-state index in [4.69, 9.17) is 9.47 Å². The third-order valence-electron chi connectivity index (χ3n) is 6.85. The van der Waals surface area contributed by atoms with Crippen LogP contribution >= 0.6 is 0 Å². The number of piperidine rings is 1. The minimum Gasteiger partial charge on any atom is -0.474 e. The van der Waals surface area contributed by atoms with Crippen molar-refractivity contribution in [1.82, 2.24) is 19.3 Å². The second-order valence-electron chi connectivity index (χ2n) is 9.47. The fraction of sp³-hybridized carbons (Fsp3) is 0.423. The molecule has 0 unspecified atom stereocenters. The zero-order valence-electron chi connectivity index (χ0n) is 20.2. The van der Waals surface area contributed by atoms with Crippen molar-refractivity contribution in [1.29, 1.82) is 0 Å². The van der Waals surface area contributed by atoms with Gasteiger partial charge in [-0.1, -0.05) is 29.8 Å². The van der Waals surface area contributed by atoms with Gasteiger partial charge in [0.25, 0.3) is 0 Å². The molecule has 2 aliphatic rings. The Bertz CT molecular complexity index is 1300. The monoisotopic (exact) mass is 494 g/mol. The lowest BCUT2D eigenvalue weighted by Crippen LogP contribution is -2.49. The fourth-order valence-corrected chi connectivity index (χ4v) is 7.14. The van der Waals surface area contributed by atoms with Crippen LogP contribution in [-0.4, -0.2) is 45.9 Å². The molecule has 4 heterocycles. The summed E-state index contributed by atoms with van der Waals surface area (Å²) in [7, 11) is -3.41. The van der Waals surface area contributed by atoms with Crippen molar-refractivity contribution in [3.8, 4) is 17.5 Å². The second kappa shape index (κ2) is 9.54. The second-order valence-corrected chi connectivity index (χ2v) is 11.3. The molecule has 8 nitrogen and oxygen atoms in total. The van der Waals surface area contributed by atoms with Crippen LogP contribution in [0.2, 0.25) is 0 Å².